The van der Waals surface area contributed by atoms with E-state index >= 15 is 0 Å². The lowest BCUT2D eigenvalue weighted by atomic mass is 9.71. The summed E-state index contributed by atoms with van der Waals surface area (Å²) in [7, 11) is 0. The maximum Gasteiger partial charge on any atom is 0.426 e. The van der Waals surface area contributed by atoms with E-state index in [1.54, 1.807) is 0 Å². The molecule has 0 aromatic heterocycles. The molecule has 1 aliphatic carbocycles. The molecule has 0 N–H and O–H groups in total. The Morgan fingerprint density at radius 3 is 1.75 bits per heavy atom. The van der Waals surface area contributed by atoms with Gasteiger partial charge in [-0.1, -0.05) is 0 Å². The van der Waals surface area contributed by atoms with Gasteiger partial charge in [-0.2, -0.15) is 26.3 Å². The molecule has 0 unspecified atom stereocenters. The Bertz CT molecular complexity index is 356. The minimum absolute atomic E-state index is 0.187. The van der Waals surface area contributed by atoms with Gasteiger partial charge in [-0.05, 0) is 6.92 Å². The number of rotatable bonds is 2. The van der Waals surface area contributed by atoms with Crippen LogP contribution in [0.3, 0.4) is 0 Å². The first-order chi connectivity index (χ1) is 8.80. The number of halogens is 9. The van der Waals surface area contributed by atoms with Crippen LogP contribution in [0.15, 0.2) is 0 Å². The summed E-state index contributed by atoms with van der Waals surface area (Å²) in [5, 5.41) is -1.72. The molecule has 0 aliphatic heterocycles. The van der Waals surface area contributed by atoms with E-state index in [4.69, 9.17) is 11.6 Å². The third kappa shape index (κ3) is 2.58. The average molecular weight is 335 g/mol. The van der Waals surface area contributed by atoms with Crippen molar-refractivity contribution in [3.63, 3.8) is 0 Å². The molecule has 120 valence electrons. The summed E-state index contributed by atoms with van der Waals surface area (Å²) in [6.07, 6.45) is -17.4. The predicted octanol–water partition coefficient (Wildman–Crippen LogP) is 4.33. The van der Waals surface area contributed by atoms with Crippen LogP contribution >= 0.6 is 11.6 Å². The highest BCUT2D eigenvalue weighted by Crippen LogP contribution is 2.59. The van der Waals surface area contributed by atoms with Crippen molar-refractivity contribution < 1.29 is 39.9 Å². The monoisotopic (exact) mass is 334 g/mol. The van der Waals surface area contributed by atoms with Gasteiger partial charge in [0.05, 0.1) is 11.5 Å². The van der Waals surface area contributed by atoms with Crippen molar-refractivity contribution in [2.24, 2.45) is 0 Å². The highest BCUT2D eigenvalue weighted by atomic mass is 35.5. The Labute approximate surface area is 114 Å². The first kappa shape index (κ1) is 17.7. The van der Waals surface area contributed by atoms with E-state index in [0.29, 0.717) is 0 Å². The summed E-state index contributed by atoms with van der Waals surface area (Å²) in [5.41, 5.74) is -10.2. The molecule has 0 spiro atoms. The van der Waals surface area contributed by atoms with Gasteiger partial charge in [0.25, 0.3) is 5.67 Å². The minimum atomic E-state index is -6.04. The lowest BCUT2D eigenvalue weighted by Crippen LogP contribution is -2.69. The van der Waals surface area contributed by atoms with Crippen molar-refractivity contribution in [3.8, 4) is 0 Å². The van der Waals surface area contributed by atoms with Gasteiger partial charge in [0.2, 0.25) is 5.67 Å². The number of hydrogen-bond acceptors (Lipinski definition) is 1. The van der Waals surface area contributed by atoms with E-state index in [1.165, 1.54) is 6.92 Å². The fourth-order valence-electron chi connectivity index (χ4n) is 2.19. The smallest absolute Gasteiger partial charge is 0.377 e. The summed E-state index contributed by atoms with van der Waals surface area (Å²) < 4.78 is 109. The fourth-order valence-corrected chi connectivity index (χ4v) is 2.56. The van der Waals surface area contributed by atoms with Gasteiger partial charge in [0.15, 0.2) is 0 Å². The van der Waals surface area contributed by atoms with Crippen molar-refractivity contribution in [2.45, 2.75) is 54.9 Å². The summed E-state index contributed by atoms with van der Waals surface area (Å²) in [5.74, 6) is 0. The lowest BCUT2D eigenvalue weighted by molar-refractivity contribution is -0.359. The molecule has 1 aliphatic rings. The minimum Gasteiger partial charge on any atom is -0.377 e. The fraction of sp³-hybridized carbons (Fsp3) is 1.00. The molecule has 0 heterocycles. The normalized spacial score (nSPS) is 39.9. The van der Waals surface area contributed by atoms with Crippen LogP contribution in [0.1, 0.15) is 19.8 Å². The molecule has 4 atom stereocenters. The molecule has 20 heavy (non-hydrogen) atoms. The second-order valence-electron chi connectivity index (χ2n) is 4.52. The molecule has 0 radical (unpaired) electrons. The van der Waals surface area contributed by atoms with Crippen molar-refractivity contribution in [1.29, 1.82) is 0 Å². The zero-order valence-electron chi connectivity index (χ0n) is 10.1. The van der Waals surface area contributed by atoms with Gasteiger partial charge >= 0.3 is 12.4 Å². The zero-order chi connectivity index (χ0) is 16.0. The third-order valence-corrected chi connectivity index (χ3v) is 3.71. The Balaban J connectivity index is 3.30. The molecule has 1 saturated carbocycles. The highest BCUT2D eigenvalue weighted by Gasteiger charge is 2.81. The van der Waals surface area contributed by atoms with Crippen LogP contribution in [0, 0.1) is 0 Å². The molecule has 0 aromatic rings. The summed E-state index contributed by atoms with van der Waals surface area (Å²) in [6, 6.07) is 0. The number of alkyl halides is 9. The van der Waals surface area contributed by atoms with E-state index in [2.05, 4.69) is 4.74 Å². The Hall–Kier alpha value is -0.310. The molecule has 0 saturated heterocycles. The average Bonchev–Trinajstić information content (AvgIpc) is 2.23. The van der Waals surface area contributed by atoms with Gasteiger partial charge in [0, 0.05) is 19.4 Å². The van der Waals surface area contributed by atoms with Crippen LogP contribution in [-0.4, -0.2) is 41.8 Å². The van der Waals surface area contributed by atoms with Gasteiger partial charge in [-0.25, -0.2) is 8.78 Å². The van der Waals surface area contributed by atoms with Crippen LogP contribution in [0.4, 0.5) is 35.1 Å². The summed E-state index contributed by atoms with van der Waals surface area (Å²) >= 11 is 5.43. The standard InChI is InChI=1S/C10H11ClF8O/c1-2-20-6-4-8(13,10(17,18)19)7(12,3-5(6)11)9(14,15)16/h5-6H,2-4H2,1H3/t5-,6+,7+,8+/m0/s1. The Kier molecular flexibility index (Phi) is 4.57. The van der Waals surface area contributed by atoms with Crippen molar-refractivity contribution in [1.82, 2.24) is 0 Å². The number of hydrogen-bond donors (Lipinski definition) is 0. The topological polar surface area (TPSA) is 9.23 Å². The summed E-state index contributed by atoms with van der Waals surface area (Å²) in [6.45, 7) is 1.16. The Morgan fingerprint density at radius 2 is 1.40 bits per heavy atom. The largest absolute Gasteiger partial charge is 0.426 e. The first-order valence-corrected chi connectivity index (χ1v) is 6.00. The van der Waals surface area contributed by atoms with Gasteiger partial charge in [-0.15, -0.1) is 11.6 Å². The molecular weight excluding hydrogens is 324 g/mol. The van der Waals surface area contributed by atoms with E-state index in [1.807, 2.05) is 0 Å². The SMILES string of the molecule is CCO[C@@H]1C[C@](F)(C(F)(F)F)[C@@](F)(C(F)(F)F)C[C@@H]1Cl. The molecule has 1 nitrogen and oxygen atoms in total. The van der Waals surface area contributed by atoms with Crippen LogP contribution in [0.25, 0.3) is 0 Å². The van der Waals surface area contributed by atoms with E-state index in [9.17, 15) is 35.1 Å². The summed E-state index contributed by atoms with van der Waals surface area (Å²) in [4.78, 5) is 0. The maximum atomic E-state index is 14.0. The first-order valence-electron chi connectivity index (χ1n) is 5.57. The third-order valence-electron chi connectivity index (χ3n) is 3.27. The lowest BCUT2D eigenvalue weighted by Gasteiger charge is -2.48. The molecule has 0 aromatic carbocycles. The molecule has 0 amide bonds. The number of ether oxygens (including phenoxy) is 1. The van der Waals surface area contributed by atoms with Crippen LogP contribution in [-0.2, 0) is 4.74 Å². The quantitative estimate of drug-likeness (QED) is 0.539. The Morgan fingerprint density at radius 1 is 1.00 bits per heavy atom. The van der Waals surface area contributed by atoms with Crippen molar-refractivity contribution in [3.05, 3.63) is 0 Å². The second kappa shape index (κ2) is 5.15. The van der Waals surface area contributed by atoms with Crippen LogP contribution < -0.4 is 0 Å². The second-order valence-corrected chi connectivity index (χ2v) is 5.08. The maximum absolute atomic E-state index is 14.0. The zero-order valence-corrected chi connectivity index (χ0v) is 10.8. The van der Waals surface area contributed by atoms with Crippen LogP contribution in [0.2, 0.25) is 0 Å². The predicted molar refractivity (Wildman–Crippen MR) is 54.1 cm³/mol. The molecular formula is C10H11ClF8O. The van der Waals surface area contributed by atoms with Crippen LogP contribution in [0.5, 0.6) is 0 Å². The molecule has 0 bridgehead atoms. The van der Waals surface area contributed by atoms with E-state index < -0.39 is 48.0 Å². The van der Waals surface area contributed by atoms with Gasteiger partial charge in [-0.3, -0.25) is 0 Å². The van der Waals surface area contributed by atoms with E-state index in [-0.39, 0.29) is 6.61 Å². The molecule has 1 fully saturated rings. The van der Waals surface area contributed by atoms with E-state index in [0.717, 1.165) is 0 Å². The molecule has 10 heteroatoms. The molecule has 1 rings (SSSR count). The highest BCUT2D eigenvalue weighted by molar-refractivity contribution is 6.21. The van der Waals surface area contributed by atoms with Gasteiger partial charge < -0.3 is 4.74 Å². The van der Waals surface area contributed by atoms with Crippen molar-refractivity contribution >= 4 is 11.6 Å². The van der Waals surface area contributed by atoms with Gasteiger partial charge in [0.1, 0.15) is 0 Å². The van der Waals surface area contributed by atoms with Crippen molar-refractivity contribution in [2.75, 3.05) is 6.61 Å².